The molecule has 0 aliphatic carbocycles. The van der Waals surface area contributed by atoms with Gasteiger partial charge in [-0.2, -0.15) is 0 Å². The number of piperidine rings is 1. The number of hydrogen-bond acceptors (Lipinski definition) is 3. The molecular formula is C20H24ClNO2. The van der Waals surface area contributed by atoms with Crippen LogP contribution in [0.25, 0.3) is 0 Å². The molecular weight excluding hydrogens is 322 g/mol. The molecule has 24 heavy (non-hydrogen) atoms. The van der Waals surface area contributed by atoms with E-state index >= 15 is 0 Å². The van der Waals surface area contributed by atoms with E-state index in [4.69, 9.17) is 11.6 Å². The molecule has 1 aliphatic rings. The molecule has 1 fully saturated rings. The summed E-state index contributed by atoms with van der Waals surface area (Å²) in [6.45, 7) is 4.17. The number of rotatable bonds is 4. The lowest BCUT2D eigenvalue weighted by atomic mass is 9.82. The Labute approximate surface area is 148 Å². The molecule has 1 saturated heterocycles. The smallest absolute Gasteiger partial charge is 0.0923 e. The summed E-state index contributed by atoms with van der Waals surface area (Å²) in [4.78, 5) is 2.21. The van der Waals surface area contributed by atoms with Crippen molar-refractivity contribution in [1.82, 2.24) is 4.90 Å². The maximum Gasteiger partial charge on any atom is 0.0923 e. The molecule has 2 aromatic rings. The molecule has 0 bridgehead atoms. The van der Waals surface area contributed by atoms with E-state index in [1.54, 1.807) is 12.1 Å². The molecule has 0 unspecified atom stereocenters. The van der Waals surface area contributed by atoms with Crippen LogP contribution in [0.2, 0.25) is 5.02 Å². The molecule has 0 radical (unpaired) electrons. The number of nitrogens with zero attached hydrogens (tertiary/aromatic N) is 1. The van der Waals surface area contributed by atoms with E-state index in [2.05, 4.69) is 4.90 Å². The number of β-amino-alcohol motifs (C(OH)–C–C–N with tert-alkyl or cyclic N) is 1. The highest BCUT2D eigenvalue weighted by molar-refractivity contribution is 6.30. The van der Waals surface area contributed by atoms with E-state index < -0.39 is 11.7 Å². The highest BCUT2D eigenvalue weighted by Gasteiger charge is 2.35. The standard InChI is InChI=1S/C20H24ClNO2/c1-15-4-2-3-5-18(15)20(24)10-12-22(13-11-20)14-19(23)16-6-8-17(21)9-7-16/h2-9,19,23-24H,10-14H2,1H3/t19-/m1/s1. The average molecular weight is 346 g/mol. The maximum atomic E-state index is 11.0. The van der Waals surface area contributed by atoms with Crippen LogP contribution in [0.4, 0.5) is 0 Å². The molecule has 0 aromatic heterocycles. The number of aryl methyl sites for hydroxylation is 1. The Morgan fingerprint density at radius 3 is 2.33 bits per heavy atom. The molecule has 1 aliphatic heterocycles. The van der Waals surface area contributed by atoms with Crippen molar-refractivity contribution in [2.45, 2.75) is 31.5 Å². The van der Waals surface area contributed by atoms with E-state index in [-0.39, 0.29) is 0 Å². The van der Waals surface area contributed by atoms with Crippen molar-refractivity contribution in [2.24, 2.45) is 0 Å². The van der Waals surface area contributed by atoms with Gasteiger partial charge in [0.25, 0.3) is 0 Å². The maximum absolute atomic E-state index is 11.0. The second-order valence-electron chi connectivity index (χ2n) is 6.71. The topological polar surface area (TPSA) is 43.7 Å². The summed E-state index contributed by atoms with van der Waals surface area (Å²) >= 11 is 5.89. The zero-order valence-corrected chi connectivity index (χ0v) is 14.7. The van der Waals surface area contributed by atoms with Gasteiger partial charge < -0.3 is 15.1 Å². The minimum absolute atomic E-state index is 0.535. The number of halogens is 1. The molecule has 128 valence electrons. The van der Waals surface area contributed by atoms with Gasteiger partial charge in [-0.25, -0.2) is 0 Å². The first-order chi connectivity index (χ1) is 11.5. The lowest BCUT2D eigenvalue weighted by Crippen LogP contribution is -2.44. The van der Waals surface area contributed by atoms with E-state index in [0.717, 1.165) is 29.8 Å². The van der Waals surface area contributed by atoms with Crippen molar-refractivity contribution in [1.29, 1.82) is 0 Å². The van der Waals surface area contributed by atoms with Crippen molar-refractivity contribution in [3.63, 3.8) is 0 Å². The molecule has 1 heterocycles. The fourth-order valence-electron chi connectivity index (χ4n) is 3.50. The molecule has 2 N–H and O–H groups in total. The third-order valence-electron chi connectivity index (χ3n) is 5.02. The van der Waals surface area contributed by atoms with Crippen LogP contribution in [0.5, 0.6) is 0 Å². The molecule has 3 rings (SSSR count). The molecule has 3 nitrogen and oxygen atoms in total. The molecule has 1 atom stereocenters. The third kappa shape index (κ3) is 3.81. The summed E-state index contributed by atoms with van der Waals surface area (Å²) in [6, 6.07) is 15.4. The Kier molecular flexibility index (Phi) is 5.26. The lowest BCUT2D eigenvalue weighted by Gasteiger charge is -2.39. The zero-order valence-electron chi connectivity index (χ0n) is 14.0. The van der Waals surface area contributed by atoms with Gasteiger partial charge in [0, 0.05) is 24.7 Å². The molecule has 4 heteroatoms. The van der Waals surface area contributed by atoms with Gasteiger partial charge in [0.1, 0.15) is 0 Å². The SMILES string of the molecule is Cc1ccccc1C1(O)CCN(C[C@@H](O)c2ccc(Cl)cc2)CC1. The van der Waals surface area contributed by atoms with Crippen LogP contribution in [0, 0.1) is 6.92 Å². The quantitative estimate of drug-likeness (QED) is 0.888. The number of likely N-dealkylation sites (tertiary alicyclic amines) is 1. The van der Waals surface area contributed by atoms with E-state index in [9.17, 15) is 10.2 Å². The van der Waals surface area contributed by atoms with Gasteiger partial charge >= 0.3 is 0 Å². The van der Waals surface area contributed by atoms with Crippen LogP contribution in [-0.2, 0) is 5.60 Å². The van der Waals surface area contributed by atoms with Gasteiger partial charge in [-0.05, 0) is 48.6 Å². The van der Waals surface area contributed by atoms with Gasteiger partial charge in [-0.1, -0.05) is 48.0 Å². The average Bonchev–Trinajstić information content (AvgIpc) is 2.58. The Morgan fingerprint density at radius 2 is 1.71 bits per heavy atom. The minimum atomic E-state index is -0.757. The van der Waals surface area contributed by atoms with Crippen molar-refractivity contribution in [3.8, 4) is 0 Å². The molecule has 0 spiro atoms. The zero-order chi connectivity index (χ0) is 17.2. The monoisotopic (exact) mass is 345 g/mol. The van der Waals surface area contributed by atoms with Crippen LogP contribution < -0.4 is 0 Å². The summed E-state index contributed by atoms with van der Waals surface area (Å²) in [7, 11) is 0. The second kappa shape index (κ2) is 7.24. The van der Waals surface area contributed by atoms with E-state index in [1.165, 1.54) is 0 Å². The number of aliphatic hydroxyl groups excluding tert-OH is 1. The van der Waals surface area contributed by atoms with Crippen LogP contribution in [-0.4, -0.2) is 34.7 Å². The van der Waals surface area contributed by atoms with Gasteiger partial charge in [0.2, 0.25) is 0 Å². The summed E-state index contributed by atoms with van der Waals surface area (Å²) in [6.07, 6.45) is 0.836. The van der Waals surface area contributed by atoms with Crippen LogP contribution in [0.1, 0.15) is 35.6 Å². The fourth-order valence-corrected chi connectivity index (χ4v) is 3.63. The first-order valence-corrected chi connectivity index (χ1v) is 8.80. The fraction of sp³-hybridized carbons (Fsp3) is 0.400. The summed E-state index contributed by atoms with van der Waals surface area (Å²) in [5.41, 5.74) is 2.28. The van der Waals surface area contributed by atoms with Crippen molar-refractivity contribution in [2.75, 3.05) is 19.6 Å². The Hall–Kier alpha value is -1.39. The van der Waals surface area contributed by atoms with E-state index in [0.29, 0.717) is 24.4 Å². The van der Waals surface area contributed by atoms with Gasteiger partial charge in [-0.3, -0.25) is 0 Å². The summed E-state index contributed by atoms with van der Waals surface area (Å²) in [5.74, 6) is 0. The Bertz CT molecular complexity index is 678. The highest BCUT2D eigenvalue weighted by atomic mass is 35.5. The van der Waals surface area contributed by atoms with Crippen LogP contribution in [0.3, 0.4) is 0 Å². The van der Waals surface area contributed by atoms with Gasteiger partial charge in [0.15, 0.2) is 0 Å². The number of hydrogen-bond donors (Lipinski definition) is 2. The van der Waals surface area contributed by atoms with Crippen molar-refractivity contribution >= 4 is 11.6 Å². The highest BCUT2D eigenvalue weighted by Crippen LogP contribution is 2.35. The van der Waals surface area contributed by atoms with E-state index in [1.807, 2.05) is 43.3 Å². The summed E-state index contributed by atoms with van der Waals surface area (Å²) < 4.78 is 0. The first-order valence-electron chi connectivity index (χ1n) is 8.42. The van der Waals surface area contributed by atoms with Crippen LogP contribution >= 0.6 is 11.6 Å². The van der Waals surface area contributed by atoms with Gasteiger partial charge in [0.05, 0.1) is 11.7 Å². The molecule has 2 aromatic carbocycles. The van der Waals surface area contributed by atoms with Crippen molar-refractivity contribution < 1.29 is 10.2 Å². The third-order valence-corrected chi connectivity index (χ3v) is 5.27. The lowest BCUT2D eigenvalue weighted by molar-refractivity contribution is -0.0348. The predicted molar refractivity (Wildman–Crippen MR) is 97.2 cm³/mol. The van der Waals surface area contributed by atoms with Gasteiger partial charge in [-0.15, -0.1) is 0 Å². The Balaban J connectivity index is 1.61. The summed E-state index contributed by atoms with van der Waals surface area (Å²) in [5, 5.41) is 22.1. The number of benzene rings is 2. The molecule has 0 amide bonds. The first kappa shape index (κ1) is 17.4. The second-order valence-corrected chi connectivity index (χ2v) is 7.15. The van der Waals surface area contributed by atoms with Crippen LogP contribution in [0.15, 0.2) is 48.5 Å². The molecule has 0 saturated carbocycles. The van der Waals surface area contributed by atoms with Crippen molar-refractivity contribution in [3.05, 3.63) is 70.2 Å². The largest absolute Gasteiger partial charge is 0.387 e. The minimum Gasteiger partial charge on any atom is -0.387 e. The normalized spacial score (nSPS) is 19.2. The number of aliphatic hydroxyl groups is 2. The predicted octanol–water partition coefficient (Wildman–Crippen LogP) is 3.67. The Morgan fingerprint density at radius 1 is 1.08 bits per heavy atom.